The zero-order valence-electron chi connectivity index (χ0n) is 63.4. The number of rotatable bonds is 73. The number of allylic oxidation sites excluding steroid dienone is 2. The summed E-state index contributed by atoms with van der Waals surface area (Å²) in [6.07, 6.45) is 69.9. The van der Waals surface area contributed by atoms with Gasteiger partial charge in [0, 0.05) is 6.42 Å². The molecular weight excluding hydrogens is 1220 g/mol. The summed E-state index contributed by atoms with van der Waals surface area (Å²) in [5, 5.41) is 88.0. The Morgan fingerprint density at radius 2 is 0.649 bits per heavy atom. The van der Waals surface area contributed by atoms with Gasteiger partial charge in [-0.05, 0) is 38.5 Å². The van der Waals surface area contributed by atoms with E-state index >= 15 is 0 Å². The highest BCUT2D eigenvalue weighted by atomic mass is 16.7. The first-order valence-corrected chi connectivity index (χ1v) is 42.4. The number of aliphatic hydroxyl groups excluding tert-OH is 8. The van der Waals surface area contributed by atoms with Gasteiger partial charge in [0.25, 0.3) is 0 Å². The molecule has 97 heavy (non-hydrogen) atoms. The molecule has 0 aromatic rings. The van der Waals surface area contributed by atoms with Crippen LogP contribution in [0.25, 0.3) is 0 Å². The monoisotopic (exact) mass is 1380 g/mol. The third kappa shape index (κ3) is 50.7. The van der Waals surface area contributed by atoms with Gasteiger partial charge in [-0.15, -0.1) is 0 Å². The number of nitrogens with one attached hydrogen (secondary N) is 1. The van der Waals surface area contributed by atoms with E-state index < -0.39 is 86.8 Å². The largest absolute Gasteiger partial charge is 0.394 e. The van der Waals surface area contributed by atoms with E-state index in [0.717, 1.165) is 51.4 Å². The SMILES string of the molecule is CCCCCCCCCC/C=C\CCCCCCCCCCCCCCCCCCCCCC(=O)NC(COC1OC(CO)C(OC2OC(CO)C(O)C(O)C2O)C(O)C1O)C(O)CCCCCCCCCCCCCCCCCCCCCCCCCCCCCCCCCC. The first kappa shape index (κ1) is 91.8. The average molecular weight is 1380 g/mol. The summed E-state index contributed by atoms with van der Waals surface area (Å²) >= 11 is 0. The average Bonchev–Trinajstić information content (AvgIpc) is 0.794. The van der Waals surface area contributed by atoms with Crippen molar-refractivity contribution in [2.24, 2.45) is 0 Å². The second-order valence-electron chi connectivity index (χ2n) is 30.3. The Morgan fingerprint density at radius 3 is 0.979 bits per heavy atom. The van der Waals surface area contributed by atoms with E-state index in [1.54, 1.807) is 0 Å². The molecule has 12 atom stereocenters. The van der Waals surface area contributed by atoms with Crippen molar-refractivity contribution in [2.75, 3.05) is 19.8 Å². The summed E-state index contributed by atoms with van der Waals surface area (Å²) in [4.78, 5) is 13.4. The molecule has 0 aromatic heterocycles. The van der Waals surface area contributed by atoms with Crippen LogP contribution in [0.15, 0.2) is 12.2 Å². The highest BCUT2D eigenvalue weighted by molar-refractivity contribution is 5.76. The van der Waals surface area contributed by atoms with Crippen LogP contribution in [0.1, 0.15) is 418 Å². The molecule has 14 heteroatoms. The van der Waals surface area contributed by atoms with Crippen LogP contribution in [0.4, 0.5) is 0 Å². The molecule has 1 amide bonds. The molecule has 576 valence electrons. The molecule has 2 rings (SSSR count). The Balaban J connectivity index is 1.58. The lowest BCUT2D eigenvalue weighted by molar-refractivity contribution is -0.359. The van der Waals surface area contributed by atoms with Crippen molar-refractivity contribution in [3.05, 3.63) is 12.2 Å². The molecule has 2 fully saturated rings. The van der Waals surface area contributed by atoms with Crippen molar-refractivity contribution >= 4 is 5.91 Å². The minimum atomic E-state index is -1.78. The molecule has 0 saturated carbocycles. The number of ether oxygens (including phenoxy) is 4. The van der Waals surface area contributed by atoms with Crippen molar-refractivity contribution in [1.29, 1.82) is 0 Å². The maximum absolute atomic E-state index is 13.4. The standard InChI is InChI=1S/C83H161NO13/c1-3-5-7-9-11-13-15-17-19-21-23-25-27-29-31-33-35-37-38-40-42-44-46-48-50-52-54-56-58-60-62-64-66-72(87)71(70-94-82-80(93)78(91)81(74(69-86)96-82)97-83-79(92)77(90)76(89)73(68-85)95-83)84-75(88)67-65-63-61-59-57-55-53-51-49-47-45-43-41-39-36-34-32-30-28-26-24-22-20-18-16-14-12-10-8-6-4-2/h22,24,71-74,76-83,85-87,89-93H,3-21,23,25-70H2,1-2H3,(H,84,88)/b24-22-. The molecule has 0 radical (unpaired) electrons. The number of carbonyl (C=O) groups is 1. The van der Waals surface area contributed by atoms with Gasteiger partial charge in [-0.25, -0.2) is 0 Å². The Bertz CT molecular complexity index is 1680. The van der Waals surface area contributed by atoms with E-state index in [-0.39, 0.29) is 12.5 Å². The summed E-state index contributed by atoms with van der Waals surface area (Å²) in [5.41, 5.74) is 0. The van der Waals surface area contributed by atoms with Gasteiger partial charge in [0.1, 0.15) is 48.8 Å². The molecule has 14 nitrogen and oxygen atoms in total. The molecule has 0 aliphatic carbocycles. The predicted molar refractivity (Wildman–Crippen MR) is 402 cm³/mol. The van der Waals surface area contributed by atoms with Crippen molar-refractivity contribution in [1.82, 2.24) is 5.32 Å². The van der Waals surface area contributed by atoms with Gasteiger partial charge in [-0.3, -0.25) is 4.79 Å². The van der Waals surface area contributed by atoms with E-state index in [2.05, 4.69) is 31.3 Å². The lowest BCUT2D eigenvalue weighted by Crippen LogP contribution is -2.65. The van der Waals surface area contributed by atoms with Crippen LogP contribution < -0.4 is 5.32 Å². The summed E-state index contributed by atoms with van der Waals surface area (Å²) in [6, 6.07) is -0.828. The van der Waals surface area contributed by atoms with Gasteiger partial charge < -0.3 is 65.1 Å². The molecular formula is C83H161NO13. The van der Waals surface area contributed by atoms with Gasteiger partial charge in [0.05, 0.1) is 32.0 Å². The van der Waals surface area contributed by atoms with E-state index in [1.165, 1.54) is 340 Å². The first-order valence-electron chi connectivity index (χ1n) is 42.4. The van der Waals surface area contributed by atoms with Gasteiger partial charge in [-0.2, -0.15) is 0 Å². The zero-order valence-corrected chi connectivity index (χ0v) is 63.4. The normalized spacial score (nSPS) is 22.1. The second kappa shape index (κ2) is 67.9. The third-order valence-electron chi connectivity index (χ3n) is 21.2. The molecule has 2 aliphatic rings. The van der Waals surface area contributed by atoms with Crippen molar-refractivity contribution in [3.8, 4) is 0 Å². The fraction of sp³-hybridized carbons (Fsp3) is 0.964. The fourth-order valence-electron chi connectivity index (χ4n) is 14.5. The third-order valence-corrected chi connectivity index (χ3v) is 21.2. The van der Waals surface area contributed by atoms with E-state index in [1.807, 2.05) is 0 Å². The quantitative estimate of drug-likeness (QED) is 0.0204. The van der Waals surface area contributed by atoms with Crippen molar-refractivity contribution in [2.45, 2.75) is 492 Å². The molecule has 9 N–H and O–H groups in total. The Kier molecular flexibility index (Phi) is 64.2. The Labute approximate surface area is 596 Å². The summed E-state index contributed by atoms with van der Waals surface area (Å²) in [5.74, 6) is -0.196. The van der Waals surface area contributed by atoms with Crippen LogP contribution in [-0.4, -0.2) is 140 Å². The molecule has 2 heterocycles. The van der Waals surface area contributed by atoms with Crippen LogP contribution in [0.3, 0.4) is 0 Å². The van der Waals surface area contributed by atoms with E-state index in [0.29, 0.717) is 12.8 Å². The first-order chi connectivity index (χ1) is 47.6. The van der Waals surface area contributed by atoms with Gasteiger partial charge >= 0.3 is 0 Å². The predicted octanol–water partition coefficient (Wildman–Crippen LogP) is 19.6. The molecule has 12 unspecified atom stereocenters. The fourth-order valence-corrected chi connectivity index (χ4v) is 14.5. The zero-order chi connectivity index (χ0) is 70.1. The number of hydrogen-bond donors (Lipinski definition) is 9. The van der Waals surface area contributed by atoms with Crippen LogP contribution in [0.5, 0.6) is 0 Å². The molecule has 2 saturated heterocycles. The molecule has 0 bridgehead atoms. The van der Waals surface area contributed by atoms with Gasteiger partial charge in [0.15, 0.2) is 12.6 Å². The van der Waals surface area contributed by atoms with Crippen molar-refractivity contribution in [3.63, 3.8) is 0 Å². The number of amides is 1. The minimum absolute atomic E-state index is 0.196. The number of carbonyl (C=O) groups excluding carboxylic acids is 1. The maximum atomic E-state index is 13.4. The van der Waals surface area contributed by atoms with Crippen LogP contribution in [0.2, 0.25) is 0 Å². The Morgan fingerprint density at radius 1 is 0.361 bits per heavy atom. The van der Waals surface area contributed by atoms with Crippen molar-refractivity contribution < 1.29 is 64.6 Å². The topological polar surface area (TPSA) is 228 Å². The summed E-state index contributed by atoms with van der Waals surface area (Å²) in [7, 11) is 0. The Hall–Kier alpha value is -1.27. The summed E-state index contributed by atoms with van der Waals surface area (Å²) in [6.45, 7) is 2.94. The maximum Gasteiger partial charge on any atom is 0.220 e. The highest BCUT2D eigenvalue weighted by Crippen LogP contribution is 2.31. The lowest BCUT2D eigenvalue weighted by Gasteiger charge is -2.46. The molecule has 0 aromatic carbocycles. The lowest BCUT2D eigenvalue weighted by atomic mass is 9.97. The molecule has 2 aliphatic heterocycles. The van der Waals surface area contributed by atoms with Crippen LogP contribution in [-0.2, 0) is 23.7 Å². The minimum Gasteiger partial charge on any atom is -0.394 e. The number of aliphatic hydroxyl groups is 8. The molecule has 0 spiro atoms. The van der Waals surface area contributed by atoms with Crippen LogP contribution in [0, 0.1) is 0 Å². The summed E-state index contributed by atoms with van der Waals surface area (Å²) < 4.78 is 23.0. The van der Waals surface area contributed by atoms with Gasteiger partial charge in [0.2, 0.25) is 5.91 Å². The van der Waals surface area contributed by atoms with Crippen LogP contribution >= 0.6 is 0 Å². The number of hydrogen-bond acceptors (Lipinski definition) is 13. The van der Waals surface area contributed by atoms with Gasteiger partial charge in [-0.1, -0.05) is 386 Å². The van der Waals surface area contributed by atoms with E-state index in [4.69, 9.17) is 18.9 Å². The highest BCUT2D eigenvalue weighted by Gasteiger charge is 2.51. The van der Waals surface area contributed by atoms with E-state index in [9.17, 15) is 45.6 Å². The smallest absolute Gasteiger partial charge is 0.220 e. The second-order valence-corrected chi connectivity index (χ2v) is 30.3. The number of unbranched alkanes of at least 4 members (excludes halogenated alkanes) is 58.